The molecular formula is C18H34IN3O2. The first-order valence-corrected chi connectivity index (χ1v) is 8.61. The summed E-state index contributed by atoms with van der Waals surface area (Å²) in [6, 6.07) is 3.92. The van der Waals surface area contributed by atoms with E-state index in [-0.39, 0.29) is 29.4 Å². The van der Waals surface area contributed by atoms with Gasteiger partial charge in [-0.2, -0.15) is 0 Å². The number of hydrogen-bond donors (Lipinski definition) is 2. The van der Waals surface area contributed by atoms with Crippen LogP contribution in [0.3, 0.4) is 0 Å². The predicted molar refractivity (Wildman–Crippen MR) is 111 cm³/mol. The fourth-order valence-electron chi connectivity index (χ4n) is 2.07. The van der Waals surface area contributed by atoms with E-state index in [9.17, 15) is 0 Å². The van der Waals surface area contributed by atoms with Crippen LogP contribution in [0.1, 0.15) is 45.8 Å². The van der Waals surface area contributed by atoms with E-state index in [0.717, 1.165) is 57.2 Å². The number of unbranched alkanes of at least 4 members (excludes halogenated alkanes) is 1. The van der Waals surface area contributed by atoms with Crippen LogP contribution in [0.4, 0.5) is 0 Å². The molecule has 0 amide bonds. The molecule has 0 aliphatic heterocycles. The third-order valence-electron chi connectivity index (χ3n) is 3.71. The summed E-state index contributed by atoms with van der Waals surface area (Å²) in [6.07, 6.45) is 5.89. The maximum atomic E-state index is 5.36. The highest BCUT2D eigenvalue weighted by Crippen LogP contribution is 2.20. The zero-order chi connectivity index (χ0) is 17.0. The van der Waals surface area contributed by atoms with Crippen molar-refractivity contribution in [3.8, 4) is 0 Å². The van der Waals surface area contributed by atoms with Gasteiger partial charge in [0.2, 0.25) is 0 Å². The van der Waals surface area contributed by atoms with E-state index in [2.05, 4.69) is 31.4 Å². The van der Waals surface area contributed by atoms with Crippen LogP contribution in [-0.4, -0.2) is 39.3 Å². The lowest BCUT2D eigenvalue weighted by Crippen LogP contribution is -2.39. The summed E-state index contributed by atoms with van der Waals surface area (Å²) in [6.45, 7) is 9.94. The largest absolute Gasteiger partial charge is 0.469 e. The summed E-state index contributed by atoms with van der Waals surface area (Å²) in [5.41, 5.74) is 0.135. The Balaban J connectivity index is 0.00000529. The standard InChI is InChI=1S/C18H33N3O2.HI/c1-5-6-11-19-17(20-12-9-16-8-7-13-23-16)21-15-18(2,3)10-14-22-4;/h7-8,13H,5-6,9-12,14-15H2,1-4H3,(H2,19,20,21);1H. The number of hydrogen-bond acceptors (Lipinski definition) is 3. The third-order valence-corrected chi connectivity index (χ3v) is 3.71. The molecule has 140 valence electrons. The molecule has 0 aliphatic rings. The summed E-state index contributed by atoms with van der Waals surface area (Å²) in [5.74, 6) is 1.88. The number of furan rings is 1. The summed E-state index contributed by atoms with van der Waals surface area (Å²) >= 11 is 0. The fraction of sp³-hybridized carbons (Fsp3) is 0.722. The molecule has 0 saturated heterocycles. The van der Waals surface area contributed by atoms with Crippen molar-refractivity contribution in [3.63, 3.8) is 0 Å². The second-order valence-corrected chi connectivity index (χ2v) is 6.61. The third kappa shape index (κ3) is 10.9. The van der Waals surface area contributed by atoms with Crippen LogP contribution in [-0.2, 0) is 11.2 Å². The van der Waals surface area contributed by atoms with Crippen LogP contribution in [0, 0.1) is 5.41 Å². The Hall–Kier alpha value is -0.760. The zero-order valence-corrected chi connectivity index (χ0v) is 17.9. The molecular weight excluding hydrogens is 417 g/mol. The fourth-order valence-corrected chi connectivity index (χ4v) is 2.07. The van der Waals surface area contributed by atoms with Crippen molar-refractivity contribution in [2.24, 2.45) is 10.4 Å². The van der Waals surface area contributed by atoms with Gasteiger partial charge in [0.15, 0.2) is 5.96 Å². The molecule has 2 N–H and O–H groups in total. The van der Waals surface area contributed by atoms with Crippen molar-refractivity contribution in [2.75, 3.05) is 33.4 Å². The van der Waals surface area contributed by atoms with Crippen molar-refractivity contribution < 1.29 is 9.15 Å². The van der Waals surface area contributed by atoms with Crippen molar-refractivity contribution in [3.05, 3.63) is 24.2 Å². The van der Waals surface area contributed by atoms with Crippen LogP contribution in [0.5, 0.6) is 0 Å². The molecule has 0 fully saturated rings. The molecule has 0 atom stereocenters. The van der Waals surface area contributed by atoms with Gasteiger partial charge in [-0.15, -0.1) is 24.0 Å². The first-order chi connectivity index (χ1) is 11.1. The first kappa shape index (κ1) is 23.2. The topological polar surface area (TPSA) is 58.8 Å². The lowest BCUT2D eigenvalue weighted by Gasteiger charge is -2.22. The second-order valence-electron chi connectivity index (χ2n) is 6.61. The maximum Gasteiger partial charge on any atom is 0.191 e. The lowest BCUT2D eigenvalue weighted by atomic mass is 9.90. The van der Waals surface area contributed by atoms with Gasteiger partial charge in [-0.3, -0.25) is 4.99 Å². The van der Waals surface area contributed by atoms with Gasteiger partial charge in [-0.25, -0.2) is 0 Å². The number of nitrogens with zero attached hydrogens (tertiary/aromatic N) is 1. The van der Waals surface area contributed by atoms with E-state index < -0.39 is 0 Å². The van der Waals surface area contributed by atoms with E-state index in [1.54, 1.807) is 13.4 Å². The molecule has 24 heavy (non-hydrogen) atoms. The smallest absolute Gasteiger partial charge is 0.191 e. The molecule has 0 bridgehead atoms. The summed E-state index contributed by atoms with van der Waals surface area (Å²) in [4.78, 5) is 4.75. The molecule has 1 aromatic heterocycles. The van der Waals surface area contributed by atoms with Crippen molar-refractivity contribution >= 4 is 29.9 Å². The molecule has 5 nitrogen and oxygen atoms in total. The van der Waals surface area contributed by atoms with Gasteiger partial charge in [0.25, 0.3) is 0 Å². The number of nitrogens with one attached hydrogen (secondary N) is 2. The number of aliphatic imine (C=N–C) groups is 1. The van der Waals surface area contributed by atoms with Crippen LogP contribution in [0.25, 0.3) is 0 Å². The molecule has 1 heterocycles. The molecule has 1 rings (SSSR count). The van der Waals surface area contributed by atoms with Crippen molar-refractivity contribution in [1.82, 2.24) is 10.6 Å². The highest BCUT2D eigenvalue weighted by molar-refractivity contribution is 14.0. The molecule has 6 heteroatoms. The van der Waals surface area contributed by atoms with E-state index in [1.807, 2.05) is 12.1 Å². The Morgan fingerprint density at radius 1 is 1.29 bits per heavy atom. The van der Waals surface area contributed by atoms with Gasteiger partial charge in [0.05, 0.1) is 6.26 Å². The number of guanidine groups is 1. The molecule has 1 aromatic rings. The quantitative estimate of drug-likeness (QED) is 0.232. The Kier molecular flexibility index (Phi) is 13.1. The van der Waals surface area contributed by atoms with Gasteiger partial charge >= 0.3 is 0 Å². The van der Waals surface area contributed by atoms with Gasteiger partial charge in [0, 0.05) is 39.8 Å². The van der Waals surface area contributed by atoms with E-state index in [1.165, 1.54) is 6.42 Å². The summed E-state index contributed by atoms with van der Waals surface area (Å²) in [5, 5.41) is 6.80. The first-order valence-electron chi connectivity index (χ1n) is 8.61. The predicted octanol–water partition coefficient (Wildman–Crippen LogP) is 3.84. The average Bonchev–Trinajstić information content (AvgIpc) is 3.04. The summed E-state index contributed by atoms with van der Waals surface area (Å²) < 4.78 is 10.5. The van der Waals surface area contributed by atoms with Crippen molar-refractivity contribution in [1.29, 1.82) is 0 Å². The molecule has 0 aliphatic carbocycles. The zero-order valence-electron chi connectivity index (χ0n) is 15.6. The molecule has 0 spiro atoms. The Bertz CT molecular complexity index is 433. The number of methoxy groups -OCH3 is 1. The Morgan fingerprint density at radius 2 is 2.04 bits per heavy atom. The van der Waals surface area contributed by atoms with Crippen LogP contribution in [0.2, 0.25) is 0 Å². The Morgan fingerprint density at radius 3 is 2.67 bits per heavy atom. The minimum atomic E-state index is 0. The SMILES string of the molecule is CCCCNC(=NCC(C)(C)CCOC)NCCc1ccco1.I. The normalized spacial score (nSPS) is 11.9. The molecule has 0 aromatic carbocycles. The van der Waals surface area contributed by atoms with E-state index in [0.29, 0.717) is 0 Å². The van der Waals surface area contributed by atoms with E-state index >= 15 is 0 Å². The maximum absolute atomic E-state index is 5.36. The average molecular weight is 451 g/mol. The minimum Gasteiger partial charge on any atom is -0.469 e. The van der Waals surface area contributed by atoms with Gasteiger partial charge in [-0.05, 0) is 30.4 Å². The molecule has 0 radical (unpaired) electrons. The number of ether oxygens (including phenoxy) is 1. The van der Waals surface area contributed by atoms with E-state index in [4.69, 9.17) is 14.1 Å². The lowest BCUT2D eigenvalue weighted by molar-refractivity contribution is 0.155. The van der Waals surface area contributed by atoms with Crippen LogP contribution in [0.15, 0.2) is 27.8 Å². The monoisotopic (exact) mass is 451 g/mol. The van der Waals surface area contributed by atoms with Crippen LogP contribution >= 0.6 is 24.0 Å². The highest BCUT2D eigenvalue weighted by atomic mass is 127. The van der Waals surface area contributed by atoms with Crippen molar-refractivity contribution in [2.45, 2.75) is 46.5 Å². The van der Waals surface area contributed by atoms with Gasteiger partial charge in [0.1, 0.15) is 5.76 Å². The molecule has 0 unspecified atom stereocenters. The van der Waals surface area contributed by atoms with Crippen LogP contribution < -0.4 is 10.6 Å². The molecule has 0 saturated carbocycles. The van der Waals surface area contributed by atoms with Gasteiger partial charge in [-0.1, -0.05) is 27.2 Å². The number of rotatable bonds is 11. The number of halogens is 1. The second kappa shape index (κ2) is 13.5. The summed E-state index contributed by atoms with van der Waals surface area (Å²) in [7, 11) is 1.74. The minimum absolute atomic E-state index is 0. The Labute approximate surface area is 164 Å². The highest BCUT2D eigenvalue weighted by Gasteiger charge is 2.17. The van der Waals surface area contributed by atoms with Gasteiger partial charge < -0.3 is 19.8 Å².